The van der Waals surface area contributed by atoms with E-state index in [-0.39, 0.29) is 33.5 Å². The SMILES string of the molecule is CCCOc1ccc(S(=O)(=O)N2CC[C@H](N(C)C)C2)cc1C(=O)Nc1cc2ncn(Cc3ccccc3)c2cc1C(N)=O. The van der Waals surface area contributed by atoms with Crippen LogP contribution in [-0.4, -0.2) is 78.8 Å². The fourth-order valence-corrected chi connectivity index (χ4v) is 6.71. The van der Waals surface area contributed by atoms with Gasteiger partial charge in [0.05, 0.1) is 45.7 Å². The maximum Gasteiger partial charge on any atom is 0.259 e. The van der Waals surface area contributed by atoms with Crippen LogP contribution in [0.3, 0.4) is 0 Å². The van der Waals surface area contributed by atoms with E-state index >= 15 is 0 Å². The third kappa shape index (κ3) is 6.41. The summed E-state index contributed by atoms with van der Waals surface area (Å²) in [6.07, 6.45) is 3.07. The summed E-state index contributed by atoms with van der Waals surface area (Å²) in [6, 6.07) is 17.4. The highest BCUT2D eigenvalue weighted by molar-refractivity contribution is 7.89. The van der Waals surface area contributed by atoms with E-state index in [0.717, 1.165) is 12.0 Å². The Morgan fingerprint density at radius 3 is 2.53 bits per heavy atom. The Bertz CT molecular complexity index is 1750. The van der Waals surface area contributed by atoms with Gasteiger partial charge in [0.1, 0.15) is 5.75 Å². The Kier molecular flexibility index (Phi) is 8.81. The molecule has 1 atom stereocenters. The van der Waals surface area contributed by atoms with Crippen LogP contribution < -0.4 is 15.8 Å². The molecule has 43 heavy (non-hydrogen) atoms. The molecule has 1 fully saturated rings. The van der Waals surface area contributed by atoms with Gasteiger partial charge in [-0.05, 0) is 62.8 Å². The summed E-state index contributed by atoms with van der Waals surface area (Å²) in [5, 5.41) is 2.76. The Balaban J connectivity index is 1.48. The molecule has 0 saturated carbocycles. The number of amides is 2. The van der Waals surface area contributed by atoms with Crippen LogP contribution in [0, 0.1) is 0 Å². The number of hydrogen-bond acceptors (Lipinski definition) is 7. The van der Waals surface area contributed by atoms with Gasteiger partial charge in [0, 0.05) is 25.7 Å². The minimum absolute atomic E-state index is 0.00821. The van der Waals surface area contributed by atoms with E-state index in [9.17, 15) is 18.0 Å². The highest BCUT2D eigenvalue weighted by Crippen LogP contribution is 2.30. The fourth-order valence-electron chi connectivity index (χ4n) is 5.19. The van der Waals surface area contributed by atoms with Crippen molar-refractivity contribution in [3.05, 3.63) is 83.7 Å². The Hall–Kier alpha value is -4.26. The molecule has 2 amide bonds. The molecule has 0 unspecified atom stereocenters. The molecule has 0 bridgehead atoms. The second-order valence-electron chi connectivity index (χ2n) is 10.8. The number of benzene rings is 3. The Morgan fingerprint density at radius 2 is 1.86 bits per heavy atom. The molecule has 0 radical (unpaired) electrons. The van der Waals surface area contributed by atoms with Crippen LogP contribution in [0.15, 0.2) is 71.9 Å². The van der Waals surface area contributed by atoms with E-state index in [4.69, 9.17) is 10.5 Å². The van der Waals surface area contributed by atoms with Crippen LogP contribution in [0.5, 0.6) is 5.75 Å². The van der Waals surface area contributed by atoms with Gasteiger partial charge in [-0.25, -0.2) is 13.4 Å². The van der Waals surface area contributed by atoms with Gasteiger partial charge in [0.25, 0.3) is 11.8 Å². The van der Waals surface area contributed by atoms with Crippen molar-refractivity contribution in [2.45, 2.75) is 37.2 Å². The number of sulfonamides is 1. The number of nitrogens with zero attached hydrogens (tertiary/aromatic N) is 4. The number of nitrogens with two attached hydrogens (primary N) is 1. The summed E-state index contributed by atoms with van der Waals surface area (Å²) in [4.78, 5) is 32.7. The van der Waals surface area contributed by atoms with Gasteiger partial charge in [-0.2, -0.15) is 4.31 Å². The van der Waals surface area contributed by atoms with E-state index in [1.54, 1.807) is 18.5 Å². The van der Waals surface area contributed by atoms with Crippen molar-refractivity contribution >= 4 is 38.6 Å². The summed E-state index contributed by atoms with van der Waals surface area (Å²) in [6.45, 7) is 3.55. The van der Waals surface area contributed by atoms with Gasteiger partial charge < -0.3 is 25.3 Å². The number of primary amides is 1. The Morgan fingerprint density at radius 1 is 1.09 bits per heavy atom. The molecule has 1 aromatic heterocycles. The lowest BCUT2D eigenvalue weighted by molar-refractivity contribution is 0.100. The van der Waals surface area contributed by atoms with E-state index in [2.05, 4.69) is 10.3 Å². The lowest BCUT2D eigenvalue weighted by Crippen LogP contribution is -2.34. The number of hydrogen-bond donors (Lipinski definition) is 2. The number of nitrogens with one attached hydrogen (secondary N) is 1. The minimum atomic E-state index is -3.86. The first kappa shape index (κ1) is 30.2. The number of rotatable bonds is 11. The number of carbonyl (C=O) groups is 2. The van der Waals surface area contributed by atoms with E-state index < -0.39 is 21.8 Å². The van der Waals surface area contributed by atoms with E-state index in [0.29, 0.717) is 43.7 Å². The average Bonchev–Trinajstić information content (AvgIpc) is 3.64. The second kappa shape index (κ2) is 12.5. The molecule has 2 heterocycles. The number of ether oxygens (including phenoxy) is 1. The zero-order valence-electron chi connectivity index (χ0n) is 24.5. The molecule has 0 aliphatic carbocycles. The lowest BCUT2D eigenvalue weighted by atomic mass is 10.1. The minimum Gasteiger partial charge on any atom is -0.493 e. The smallest absolute Gasteiger partial charge is 0.259 e. The maximum absolute atomic E-state index is 13.7. The largest absolute Gasteiger partial charge is 0.493 e. The molecule has 11 nitrogen and oxygen atoms in total. The van der Waals surface area contributed by atoms with Crippen molar-refractivity contribution in [2.24, 2.45) is 5.73 Å². The van der Waals surface area contributed by atoms with Gasteiger partial charge in [-0.3, -0.25) is 9.59 Å². The predicted molar refractivity (Wildman–Crippen MR) is 165 cm³/mol. The van der Waals surface area contributed by atoms with Crippen LogP contribution >= 0.6 is 0 Å². The molecular formula is C31H36N6O5S. The quantitative estimate of drug-likeness (QED) is 0.267. The third-order valence-corrected chi connectivity index (χ3v) is 9.48. The molecule has 1 aliphatic heterocycles. The van der Waals surface area contributed by atoms with E-state index in [1.165, 1.54) is 22.5 Å². The van der Waals surface area contributed by atoms with Crippen molar-refractivity contribution in [1.29, 1.82) is 0 Å². The lowest BCUT2D eigenvalue weighted by Gasteiger charge is -2.21. The summed E-state index contributed by atoms with van der Waals surface area (Å²) < 4.78 is 36.2. The molecule has 1 saturated heterocycles. The number of carbonyl (C=O) groups excluding carboxylic acids is 2. The van der Waals surface area contributed by atoms with Crippen molar-refractivity contribution in [3.63, 3.8) is 0 Å². The molecule has 1 aliphatic rings. The fraction of sp³-hybridized carbons (Fsp3) is 0.323. The third-order valence-electron chi connectivity index (χ3n) is 7.62. The molecular weight excluding hydrogens is 568 g/mol. The summed E-state index contributed by atoms with van der Waals surface area (Å²) in [5.74, 6) is -1.13. The second-order valence-corrected chi connectivity index (χ2v) is 12.8. The number of anilines is 1. The number of fused-ring (bicyclic) bond motifs is 1. The molecule has 5 rings (SSSR count). The average molecular weight is 605 g/mol. The zero-order chi connectivity index (χ0) is 30.7. The van der Waals surface area contributed by atoms with Gasteiger partial charge in [-0.15, -0.1) is 0 Å². The zero-order valence-corrected chi connectivity index (χ0v) is 25.3. The molecule has 12 heteroatoms. The number of likely N-dealkylation sites (N-methyl/N-ethyl adjacent to an activating group) is 1. The van der Waals surface area contributed by atoms with Crippen LogP contribution in [0.25, 0.3) is 11.0 Å². The van der Waals surface area contributed by atoms with Crippen LogP contribution in [0.4, 0.5) is 5.69 Å². The first-order valence-corrected chi connectivity index (χ1v) is 15.6. The normalized spacial score (nSPS) is 15.7. The number of imidazole rings is 1. The maximum atomic E-state index is 13.7. The van der Waals surface area contributed by atoms with Crippen LogP contribution in [-0.2, 0) is 16.6 Å². The monoisotopic (exact) mass is 604 g/mol. The number of aromatic nitrogens is 2. The van der Waals surface area contributed by atoms with E-state index in [1.807, 2.05) is 60.8 Å². The van der Waals surface area contributed by atoms with Gasteiger partial charge in [-0.1, -0.05) is 37.3 Å². The van der Waals surface area contributed by atoms with Crippen molar-refractivity contribution in [3.8, 4) is 5.75 Å². The summed E-state index contributed by atoms with van der Waals surface area (Å²) >= 11 is 0. The first-order valence-electron chi connectivity index (χ1n) is 14.2. The first-order chi connectivity index (χ1) is 20.6. The highest BCUT2D eigenvalue weighted by atomic mass is 32.2. The summed E-state index contributed by atoms with van der Waals surface area (Å²) in [7, 11) is -0.0103. The topological polar surface area (TPSA) is 140 Å². The van der Waals surface area contributed by atoms with Crippen molar-refractivity contribution in [1.82, 2.24) is 18.8 Å². The van der Waals surface area contributed by atoms with Crippen LogP contribution in [0.2, 0.25) is 0 Å². The van der Waals surface area contributed by atoms with Crippen LogP contribution in [0.1, 0.15) is 46.0 Å². The standard InChI is InChI=1S/C31H36N6O5S/c1-4-14-42-29-11-10-23(43(40,41)37-13-12-22(19-37)35(2)3)15-25(29)31(39)34-26-17-27-28(16-24(26)30(32)38)36(20-33-27)18-21-8-6-5-7-9-21/h5-11,15-17,20,22H,4,12-14,18-19H2,1-3H3,(H2,32,38)(H,34,39)/t22-/m0/s1. The molecule has 4 aromatic rings. The Labute approximate surface area is 251 Å². The molecule has 3 aromatic carbocycles. The van der Waals surface area contributed by atoms with Gasteiger partial charge in [0.15, 0.2) is 0 Å². The van der Waals surface area contributed by atoms with Gasteiger partial charge in [0.2, 0.25) is 10.0 Å². The molecule has 0 spiro atoms. The highest BCUT2D eigenvalue weighted by Gasteiger charge is 2.34. The van der Waals surface area contributed by atoms with Crippen molar-refractivity contribution in [2.75, 3.05) is 39.1 Å². The predicted octanol–water partition coefficient (Wildman–Crippen LogP) is 3.55. The van der Waals surface area contributed by atoms with Crippen molar-refractivity contribution < 1.29 is 22.7 Å². The van der Waals surface area contributed by atoms with Gasteiger partial charge >= 0.3 is 0 Å². The molecule has 226 valence electrons. The summed E-state index contributed by atoms with van der Waals surface area (Å²) in [5.41, 5.74) is 8.32. The molecule has 3 N–H and O–H groups in total.